The molecule has 0 atom stereocenters. The van der Waals surface area contributed by atoms with Gasteiger partial charge < -0.3 is 9.80 Å². The number of hydrogen-bond acceptors (Lipinski definition) is 4. The van der Waals surface area contributed by atoms with Crippen molar-refractivity contribution in [2.24, 2.45) is 0 Å². The summed E-state index contributed by atoms with van der Waals surface area (Å²) >= 11 is 0. The predicted octanol–water partition coefficient (Wildman–Crippen LogP) is 3.95. The summed E-state index contributed by atoms with van der Waals surface area (Å²) in [5.74, 6) is 0.760. The summed E-state index contributed by atoms with van der Waals surface area (Å²) < 4.78 is 13.1. The van der Waals surface area contributed by atoms with Crippen molar-refractivity contribution in [3.63, 3.8) is 0 Å². The number of rotatable bonds is 6. The van der Waals surface area contributed by atoms with Crippen LogP contribution in [-0.4, -0.2) is 47.2 Å². The van der Waals surface area contributed by atoms with E-state index in [0.29, 0.717) is 25.2 Å². The van der Waals surface area contributed by atoms with Crippen LogP contribution in [0.1, 0.15) is 18.4 Å². The van der Waals surface area contributed by atoms with Crippen LogP contribution in [-0.2, 0) is 11.2 Å². The lowest BCUT2D eigenvalue weighted by Gasteiger charge is -2.35. The van der Waals surface area contributed by atoms with Gasteiger partial charge in [-0.1, -0.05) is 30.3 Å². The molecule has 1 aliphatic rings. The van der Waals surface area contributed by atoms with E-state index in [1.165, 1.54) is 17.7 Å². The van der Waals surface area contributed by atoms with E-state index < -0.39 is 0 Å². The van der Waals surface area contributed by atoms with Gasteiger partial charge in [0.15, 0.2) is 5.82 Å². The van der Waals surface area contributed by atoms with Gasteiger partial charge in [-0.05, 0) is 54.8 Å². The first-order chi connectivity index (χ1) is 14.7. The molecule has 0 unspecified atom stereocenters. The normalized spacial score (nSPS) is 14.0. The molecule has 0 aliphatic carbocycles. The standard InChI is InChI=1S/C24H25FN4O/c25-21-11-9-20(10-12-21)22-13-14-23(27-26-22)28-15-17-29(18-16-28)24(30)8-4-7-19-5-2-1-3-6-19/h1-3,5-6,9-14H,4,7-8,15-18H2. The van der Waals surface area contributed by atoms with Crippen molar-refractivity contribution < 1.29 is 9.18 Å². The van der Waals surface area contributed by atoms with Gasteiger partial charge in [-0.25, -0.2) is 4.39 Å². The van der Waals surface area contributed by atoms with Crippen molar-refractivity contribution in [2.75, 3.05) is 31.1 Å². The van der Waals surface area contributed by atoms with Gasteiger partial charge in [-0.2, -0.15) is 0 Å². The third-order valence-corrected chi connectivity index (χ3v) is 5.45. The second-order valence-electron chi connectivity index (χ2n) is 7.49. The zero-order chi connectivity index (χ0) is 20.8. The minimum absolute atomic E-state index is 0.225. The lowest BCUT2D eigenvalue weighted by molar-refractivity contribution is -0.131. The minimum Gasteiger partial charge on any atom is -0.352 e. The van der Waals surface area contributed by atoms with Crippen molar-refractivity contribution in [2.45, 2.75) is 19.3 Å². The molecule has 2 aromatic carbocycles. The number of hydrogen-bond donors (Lipinski definition) is 0. The molecular weight excluding hydrogens is 379 g/mol. The first-order valence-electron chi connectivity index (χ1n) is 10.4. The van der Waals surface area contributed by atoms with Crippen molar-refractivity contribution in [1.29, 1.82) is 0 Å². The molecule has 1 fully saturated rings. The Labute approximate surface area is 176 Å². The van der Waals surface area contributed by atoms with Crippen molar-refractivity contribution in [3.8, 4) is 11.3 Å². The summed E-state index contributed by atoms with van der Waals surface area (Å²) in [4.78, 5) is 16.6. The fourth-order valence-corrected chi connectivity index (χ4v) is 3.70. The molecule has 0 spiro atoms. The molecule has 4 rings (SSSR count). The summed E-state index contributed by atoms with van der Waals surface area (Å²) in [7, 11) is 0. The molecule has 0 saturated carbocycles. The van der Waals surface area contributed by atoms with Crippen LogP contribution >= 0.6 is 0 Å². The van der Waals surface area contributed by atoms with Crippen LogP contribution in [0.3, 0.4) is 0 Å². The maximum Gasteiger partial charge on any atom is 0.222 e. The summed E-state index contributed by atoms with van der Waals surface area (Å²) in [6.45, 7) is 2.89. The van der Waals surface area contributed by atoms with Gasteiger partial charge in [-0.3, -0.25) is 4.79 Å². The Hall–Kier alpha value is -3.28. The van der Waals surface area contributed by atoms with E-state index in [1.54, 1.807) is 12.1 Å². The molecule has 6 heteroatoms. The highest BCUT2D eigenvalue weighted by atomic mass is 19.1. The average Bonchev–Trinajstić information content (AvgIpc) is 2.80. The molecule has 0 radical (unpaired) electrons. The van der Waals surface area contributed by atoms with E-state index in [1.807, 2.05) is 35.2 Å². The highest BCUT2D eigenvalue weighted by Crippen LogP contribution is 2.20. The number of carbonyl (C=O) groups excluding carboxylic acids is 1. The summed E-state index contributed by atoms with van der Waals surface area (Å²) in [6.07, 6.45) is 2.39. The monoisotopic (exact) mass is 404 g/mol. The van der Waals surface area contributed by atoms with Crippen LogP contribution in [0.4, 0.5) is 10.2 Å². The van der Waals surface area contributed by atoms with E-state index in [9.17, 15) is 9.18 Å². The van der Waals surface area contributed by atoms with Crippen LogP contribution in [0.2, 0.25) is 0 Å². The molecule has 0 bridgehead atoms. The first kappa shape index (κ1) is 20.0. The minimum atomic E-state index is -0.268. The highest BCUT2D eigenvalue weighted by Gasteiger charge is 2.21. The summed E-state index contributed by atoms with van der Waals surface area (Å²) in [6, 6.07) is 20.3. The maximum atomic E-state index is 13.1. The third-order valence-electron chi connectivity index (χ3n) is 5.45. The van der Waals surface area contributed by atoms with E-state index in [-0.39, 0.29) is 11.7 Å². The average molecular weight is 404 g/mol. The maximum absolute atomic E-state index is 13.1. The SMILES string of the molecule is O=C(CCCc1ccccc1)N1CCN(c2ccc(-c3ccc(F)cc3)nn2)CC1. The molecule has 1 aromatic heterocycles. The zero-order valence-electron chi connectivity index (χ0n) is 16.9. The van der Waals surface area contributed by atoms with E-state index >= 15 is 0 Å². The number of carbonyl (C=O) groups is 1. The Morgan fingerprint density at radius 3 is 2.27 bits per heavy atom. The van der Waals surface area contributed by atoms with E-state index in [0.717, 1.165) is 37.3 Å². The molecule has 1 saturated heterocycles. The summed E-state index contributed by atoms with van der Waals surface area (Å²) in [5, 5.41) is 8.62. The number of halogens is 1. The van der Waals surface area contributed by atoms with Gasteiger partial charge in [-0.15, -0.1) is 10.2 Å². The van der Waals surface area contributed by atoms with Gasteiger partial charge in [0.05, 0.1) is 5.69 Å². The van der Waals surface area contributed by atoms with Crippen molar-refractivity contribution >= 4 is 11.7 Å². The Bertz CT molecular complexity index is 953. The Morgan fingerprint density at radius 2 is 1.60 bits per heavy atom. The molecule has 2 heterocycles. The second kappa shape index (κ2) is 9.48. The number of piperazine rings is 1. The number of aryl methyl sites for hydroxylation is 1. The predicted molar refractivity (Wildman–Crippen MR) is 116 cm³/mol. The molecule has 1 aliphatic heterocycles. The van der Waals surface area contributed by atoms with Crippen LogP contribution in [0.5, 0.6) is 0 Å². The Kier molecular flexibility index (Phi) is 6.32. The van der Waals surface area contributed by atoms with Crippen LogP contribution in [0.25, 0.3) is 11.3 Å². The zero-order valence-corrected chi connectivity index (χ0v) is 16.9. The number of amides is 1. The van der Waals surface area contributed by atoms with Crippen molar-refractivity contribution in [1.82, 2.24) is 15.1 Å². The highest BCUT2D eigenvalue weighted by molar-refractivity contribution is 5.76. The molecule has 154 valence electrons. The number of anilines is 1. The smallest absolute Gasteiger partial charge is 0.222 e. The topological polar surface area (TPSA) is 49.3 Å². The van der Waals surface area contributed by atoms with Crippen LogP contribution in [0, 0.1) is 5.82 Å². The Morgan fingerprint density at radius 1 is 0.867 bits per heavy atom. The quantitative estimate of drug-likeness (QED) is 0.624. The third kappa shape index (κ3) is 5.00. The van der Waals surface area contributed by atoms with Gasteiger partial charge in [0, 0.05) is 38.2 Å². The van der Waals surface area contributed by atoms with Crippen LogP contribution in [0.15, 0.2) is 66.7 Å². The van der Waals surface area contributed by atoms with Crippen molar-refractivity contribution in [3.05, 3.63) is 78.1 Å². The molecule has 3 aromatic rings. The second-order valence-corrected chi connectivity index (χ2v) is 7.49. The first-order valence-corrected chi connectivity index (χ1v) is 10.4. The van der Waals surface area contributed by atoms with E-state index in [2.05, 4.69) is 27.2 Å². The fraction of sp³-hybridized carbons (Fsp3) is 0.292. The van der Waals surface area contributed by atoms with Gasteiger partial charge in [0.25, 0.3) is 0 Å². The lowest BCUT2D eigenvalue weighted by Crippen LogP contribution is -2.49. The fourth-order valence-electron chi connectivity index (χ4n) is 3.70. The van der Waals surface area contributed by atoms with Gasteiger partial charge in [0.1, 0.15) is 5.82 Å². The molecular formula is C24H25FN4O. The largest absolute Gasteiger partial charge is 0.352 e. The van der Waals surface area contributed by atoms with Crippen LogP contribution < -0.4 is 4.90 Å². The molecule has 30 heavy (non-hydrogen) atoms. The molecule has 1 amide bonds. The number of aromatic nitrogens is 2. The van der Waals surface area contributed by atoms with E-state index in [4.69, 9.17) is 0 Å². The summed E-state index contributed by atoms with van der Waals surface area (Å²) in [5.41, 5.74) is 2.82. The lowest BCUT2D eigenvalue weighted by atomic mass is 10.1. The van der Waals surface area contributed by atoms with Gasteiger partial charge in [0.2, 0.25) is 5.91 Å². The molecule has 5 nitrogen and oxygen atoms in total. The number of benzene rings is 2. The molecule has 0 N–H and O–H groups in total. The Balaban J connectivity index is 1.25. The number of nitrogens with zero attached hydrogens (tertiary/aromatic N) is 4. The van der Waals surface area contributed by atoms with Gasteiger partial charge >= 0.3 is 0 Å².